The number of β-amino-alcohol motifs (C(OH)–C–C–N with tert-alkyl or cyclic N) is 1. The van der Waals surface area contributed by atoms with Gasteiger partial charge in [0.2, 0.25) is 5.89 Å². The zero-order chi connectivity index (χ0) is 16.6. The number of halogens is 1. The Labute approximate surface area is 137 Å². The fraction of sp³-hybridized carbons (Fsp3) is 0.312. The molecule has 1 saturated heterocycles. The molecule has 0 bridgehead atoms. The van der Waals surface area contributed by atoms with E-state index in [1.165, 1.54) is 18.5 Å². The summed E-state index contributed by atoms with van der Waals surface area (Å²) >= 11 is 0. The van der Waals surface area contributed by atoms with Crippen LogP contribution in [0, 0.1) is 5.82 Å². The fourth-order valence-electron chi connectivity index (χ4n) is 3.00. The second kappa shape index (κ2) is 5.81. The number of aromatic nitrogens is 4. The summed E-state index contributed by atoms with van der Waals surface area (Å²) in [5.74, 6) is 0.536. The van der Waals surface area contributed by atoms with Gasteiger partial charge in [-0.2, -0.15) is 15.4 Å². The van der Waals surface area contributed by atoms with Crippen molar-refractivity contribution in [3.8, 4) is 11.3 Å². The topological polar surface area (TPSA) is 91.1 Å². The van der Waals surface area contributed by atoms with E-state index in [-0.39, 0.29) is 5.82 Å². The number of oxazole rings is 1. The van der Waals surface area contributed by atoms with Crippen molar-refractivity contribution in [2.24, 2.45) is 0 Å². The van der Waals surface area contributed by atoms with Crippen LogP contribution in [0.4, 0.5) is 4.39 Å². The van der Waals surface area contributed by atoms with Gasteiger partial charge < -0.3 is 9.52 Å². The maximum Gasteiger partial charge on any atom is 0.209 e. The van der Waals surface area contributed by atoms with Gasteiger partial charge in [0.1, 0.15) is 17.1 Å². The third-order valence-corrected chi connectivity index (χ3v) is 4.27. The molecule has 8 heteroatoms. The van der Waals surface area contributed by atoms with Crippen LogP contribution in [0.3, 0.4) is 0 Å². The minimum Gasteiger partial charge on any atom is -0.439 e. The maximum atomic E-state index is 13.8. The lowest BCUT2D eigenvalue weighted by atomic mass is 10.0. The molecule has 1 aliphatic rings. The van der Waals surface area contributed by atoms with Crippen molar-refractivity contribution >= 4 is 0 Å². The van der Waals surface area contributed by atoms with Crippen LogP contribution in [-0.2, 0) is 12.1 Å². The Hall–Kier alpha value is -2.58. The third kappa shape index (κ3) is 2.70. The predicted octanol–water partition coefficient (Wildman–Crippen LogP) is 1.69. The SMILES string of the molecule is OC1(c2cn[nH]n2)CCN(Cc2ncc(-c3ccccc3F)o2)C1. The van der Waals surface area contributed by atoms with Crippen LogP contribution in [-0.4, -0.2) is 43.5 Å². The first-order valence-electron chi connectivity index (χ1n) is 7.65. The van der Waals surface area contributed by atoms with Gasteiger partial charge in [0, 0.05) is 13.1 Å². The number of nitrogens with zero attached hydrogens (tertiary/aromatic N) is 4. The number of H-pyrrole nitrogens is 1. The van der Waals surface area contributed by atoms with E-state index in [0.717, 1.165) is 0 Å². The molecule has 0 spiro atoms. The first-order valence-corrected chi connectivity index (χ1v) is 7.65. The van der Waals surface area contributed by atoms with E-state index in [4.69, 9.17) is 4.42 Å². The Morgan fingerprint density at radius 3 is 3.00 bits per heavy atom. The Morgan fingerprint density at radius 1 is 1.33 bits per heavy atom. The maximum absolute atomic E-state index is 13.8. The highest BCUT2D eigenvalue weighted by Crippen LogP contribution is 2.31. The Kier molecular flexibility index (Phi) is 3.62. The van der Waals surface area contributed by atoms with E-state index in [9.17, 15) is 9.50 Å². The normalized spacial score (nSPS) is 21.4. The van der Waals surface area contributed by atoms with Crippen LogP contribution in [0.25, 0.3) is 11.3 Å². The van der Waals surface area contributed by atoms with Gasteiger partial charge in [0.05, 0.1) is 24.5 Å². The summed E-state index contributed by atoms with van der Waals surface area (Å²) in [6.07, 6.45) is 3.61. The lowest BCUT2D eigenvalue weighted by Crippen LogP contribution is -2.31. The molecule has 3 aromatic rings. The zero-order valence-corrected chi connectivity index (χ0v) is 12.8. The molecule has 2 N–H and O–H groups in total. The minimum atomic E-state index is -1.02. The van der Waals surface area contributed by atoms with Crippen molar-refractivity contribution in [2.75, 3.05) is 13.1 Å². The first-order chi connectivity index (χ1) is 11.6. The van der Waals surface area contributed by atoms with Gasteiger partial charge in [-0.15, -0.1) is 0 Å². The smallest absolute Gasteiger partial charge is 0.209 e. The van der Waals surface area contributed by atoms with E-state index in [0.29, 0.717) is 49.0 Å². The van der Waals surface area contributed by atoms with E-state index >= 15 is 0 Å². The molecule has 1 fully saturated rings. The van der Waals surface area contributed by atoms with Crippen LogP contribution in [0.15, 0.2) is 41.1 Å². The highest BCUT2D eigenvalue weighted by molar-refractivity contribution is 5.56. The van der Waals surface area contributed by atoms with Crippen molar-refractivity contribution in [3.63, 3.8) is 0 Å². The molecule has 1 unspecified atom stereocenters. The summed E-state index contributed by atoms with van der Waals surface area (Å²) < 4.78 is 19.5. The predicted molar refractivity (Wildman–Crippen MR) is 82.1 cm³/mol. The number of rotatable bonds is 4. The molecule has 4 rings (SSSR count). The number of likely N-dealkylation sites (tertiary alicyclic amines) is 1. The first kappa shape index (κ1) is 15.0. The summed E-state index contributed by atoms with van der Waals surface area (Å²) in [6.45, 7) is 1.53. The van der Waals surface area contributed by atoms with Gasteiger partial charge in [-0.05, 0) is 18.6 Å². The van der Waals surface area contributed by atoms with Gasteiger partial charge in [-0.1, -0.05) is 12.1 Å². The highest BCUT2D eigenvalue weighted by Gasteiger charge is 2.40. The van der Waals surface area contributed by atoms with Gasteiger partial charge in [0.25, 0.3) is 0 Å². The molecule has 0 saturated carbocycles. The average molecular weight is 329 g/mol. The van der Waals surface area contributed by atoms with Crippen LogP contribution in [0.2, 0.25) is 0 Å². The lowest BCUT2D eigenvalue weighted by Gasteiger charge is -2.20. The van der Waals surface area contributed by atoms with Crippen LogP contribution >= 0.6 is 0 Å². The molecule has 24 heavy (non-hydrogen) atoms. The summed E-state index contributed by atoms with van der Waals surface area (Å²) in [4.78, 5) is 6.24. The van der Waals surface area contributed by atoms with Gasteiger partial charge >= 0.3 is 0 Å². The minimum absolute atomic E-state index is 0.346. The number of benzene rings is 1. The molecule has 2 aromatic heterocycles. The van der Waals surface area contributed by atoms with E-state index < -0.39 is 5.60 Å². The van der Waals surface area contributed by atoms with Crippen molar-refractivity contribution < 1.29 is 13.9 Å². The summed E-state index contributed by atoms with van der Waals surface area (Å²) in [5.41, 5.74) is -0.102. The van der Waals surface area contributed by atoms with Crippen molar-refractivity contribution in [1.29, 1.82) is 0 Å². The summed E-state index contributed by atoms with van der Waals surface area (Å²) in [7, 11) is 0. The Balaban J connectivity index is 1.47. The van der Waals surface area contributed by atoms with Gasteiger partial charge in [-0.25, -0.2) is 9.37 Å². The van der Waals surface area contributed by atoms with Gasteiger partial charge in [-0.3, -0.25) is 4.90 Å². The zero-order valence-electron chi connectivity index (χ0n) is 12.8. The monoisotopic (exact) mass is 329 g/mol. The Bertz CT molecular complexity index is 835. The van der Waals surface area contributed by atoms with Crippen LogP contribution < -0.4 is 0 Å². The number of hydrogen-bond acceptors (Lipinski definition) is 6. The van der Waals surface area contributed by atoms with E-state index in [1.807, 2.05) is 4.90 Å². The molecule has 0 aliphatic carbocycles. The number of hydrogen-bond donors (Lipinski definition) is 2. The molecule has 1 aromatic carbocycles. The van der Waals surface area contributed by atoms with Crippen molar-refractivity contribution in [2.45, 2.75) is 18.6 Å². The molecule has 0 radical (unpaired) electrons. The molecule has 1 atom stereocenters. The van der Waals surface area contributed by atoms with Gasteiger partial charge in [0.15, 0.2) is 5.76 Å². The quantitative estimate of drug-likeness (QED) is 0.757. The second-order valence-electron chi connectivity index (χ2n) is 5.95. The number of aliphatic hydroxyl groups is 1. The standard InChI is InChI=1S/C16H16FN5O2/c17-12-4-2-1-3-11(12)13-7-18-15(24-13)9-22-6-5-16(23,10-22)14-8-19-21-20-14/h1-4,7-8,23H,5-6,9-10H2,(H,19,20,21). The molecule has 1 aliphatic heterocycles. The fourth-order valence-corrected chi connectivity index (χ4v) is 3.00. The van der Waals surface area contributed by atoms with Crippen LogP contribution in [0.1, 0.15) is 18.0 Å². The lowest BCUT2D eigenvalue weighted by molar-refractivity contribution is 0.0400. The second-order valence-corrected chi connectivity index (χ2v) is 5.95. The van der Waals surface area contributed by atoms with Crippen LogP contribution in [0.5, 0.6) is 0 Å². The highest BCUT2D eigenvalue weighted by atomic mass is 19.1. The number of aromatic amines is 1. The Morgan fingerprint density at radius 2 is 2.21 bits per heavy atom. The average Bonchev–Trinajstić information content (AvgIpc) is 3.30. The molecule has 0 amide bonds. The molecule has 7 nitrogen and oxygen atoms in total. The summed E-state index contributed by atoms with van der Waals surface area (Å²) in [5, 5.41) is 20.9. The molecule has 124 valence electrons. The molecule has 3 heterocycles. The molecular formula is C16H16FN5O2. The van der Waals surface area contributed by atoms with E-state index in [1.54, 1.807) is 18.2 Å². The van der Waals surface area contributed by atoms with E-state index in [2.05, 4.69) is 20.4 Å². The molecular weight excluding hydrogens is 313 g/mol. The third-order valence-electron chi connectivity index (χ3n) is 4.27. The largest absolute Gasteiger partial charge is 0.439 e. The van der Waals surface area contributed by atoms with Crippen molar-refractivity contribution in [3.05, 3.63) is 54.1 Å². The number of nitrogens with one attached hydrogen (secondary N) is 1. The summed E-state index contributed by atoms with van der Waals surface area (Å²) in [6, 6.07) is 6.42. The van der Waals surface area contributed by atoms with Crippen molar-refractivity contribution in [1.82, 2.24) is 25.3 Å².